The van der Waals surface area contributed by atoms with Crippen molar-refractivity contribution in [3.8, 4) is 0 Å². The van der Waals surface area contributed by atoms with E-state index in [0.717, 1.165) is 0 Å². The molecule has 0 aliphatic rings. The summed E-state index contributed by atoms with van der Waals surface area (Å²) in [5.41, 5.74) is 4.40. The first-order valence-electron chi connectivity index (χ1n) is 5.94. The molecule has 0 aliphatic heterocycles. The third kappa shape index (κ3) is 10.5. The molecular weight excluding hydrogens is 307 g/mol. The summed E-state index contributed by atoms with van der Waals surface area (Å²) in [4.78, 5) is 0. The number of rotatable bonds is 7. The van der Waals surface area contributed by atoms with Crippen LogP contribution in [-0.4, -0.2) is 0 Å². The lowest BCUT2D eigenvalue weighted by molar-refractivity contribution is 0.918. The van der Waals surface area contributed by atoms with Gasteiger partial charge < -0.3 is 0 Å². The Balaban J connectivity index is 3.79. The lowest BCUT2D eigenvalue weighted by Gasteiger charge is -2.00. The summed E-state index contributed by atoms with van der Waals surface area (Å²) in [6.45, 7) is 8.76. The summed E-state index contributed by atoms with van der Waals surface area (Å²) in [5.74, 6) is 0. The van der Waals surface area contributed by atoms with Gasteiger partial charge in [0.25, 0.3) is 0 Å². The minimum atomic E-state index is 1.17. The van der Waals surface area contributed by atoms with E-state index < -0.39 is 0 Å². The van der Waals surface area contributed by atoms with E-state index in [4.69, 9.17) is 0 Å². The zero-order valence-electron chi connectivity index (χ0n) is 11.0. The van der Waals surface area contributed by atoms with Crippen molar-refractivity contribution in [3.05, 3.63) is 39.4 Å². The van der Waals surface area contributed by atoms with E-state index in [-0.39, 0.29) is 0 Å². The van der Waals surface area contributed by atoms with Crippen molar-refractivity contribution >= 4 is 22.6 Å². The van der Waals surface area contributed by atoms with Crippen molar-refractivity contribution in [2.45, 2.75) is 53.4 Å². The van der Waals surface area contributed by atoms with Crippen LogP contribution in [0.15, 0.2) is 34.9 Å². The molecule has 0 unspecified atom stereocenters. The van der Waals surface area contributed by atoms with Gasteiger partial charge in [-0.2, -0.15) is 0 Å². The Morgan fingerprint density at radius 2 is 1.44 bits per heavy atom. The summed E-state index contributed by atoms with van der Waals surface area (Å²) in [7, 11) is 0. The number of allylic oxidation sites excluding steroid dienone is 6. The van der Waals surface area contributed by atoms with E-state index in [1.165, 1.54) is 42.4 Å². The molecule has 1 heteroatoms. The van der Waals surface area contributed by atoms with Gasteiger partial charge >= 0.3 is 0 Å². The zero-order valence-corrected chi connectivity index (χ0v) is 13.2. The Bertz CT molecular complexity index is 265. The highest BCUT2D eigenvalue weighted by molar-refractivity contribution is 14.1. The molecule has 16 heavy (non-hydrogen) atoms. The lowest BCUT2D eigenvalue weighted by atomic mass is 10.1. The summed E-state index contributed by atoms with van der Waals surface area (Å²) < 4.78 is 2.08. The average molecular weight is 331 g/mol. The van der Waals surface area contributed by atoms with Crippen LogP contribution in [0.1, 0.15) is 53.4 Å². The van der Waals surface area contributed by atoms with Gasteiger partial charge in [-0.05, 0) is 53.4 Å². The van der Waals surface area contributed by atoms with Gasteiger partial charge in [-0.15, -0.1) is 0 Å². The maximum atomic E-state index is 2.38. The highest BCUT2D eigenvalue weighted by Crippen LogP contribution is 2.12. The van der Waals surface area contributed by atoms with Crippen LogP contribution >= 0.6 is 22.6 Å². The van der Waals surface area contributed by atoms with Crippen LogP contribution < -0.4 is 0 Å². The molecule has 0 N–H and O–H groups in total. The monoisotopic (exact) mass is 331 g/mol. The predicted octanol–water partition coefficient (Wildman–Crippen LogP) is 6.00. The van der Waals surface area contributed by atoms with E-state index >= 15 is 0 Å². The van der Waals surface area contributed by atoms with Gasteiger partial charge in [0.2, 0.25) is 0 Å². The molecule has 0 saturated carbocycles. The van der Waals surface area contributed by atoms with Gasteiger partial charge in [0.15, 0.2) is 0 Å². The molecule has 0 bridgehead atoms. The normalized spacial score (nSPS) is 12.8. The van der Waals surface area contributed by atoms with Gasteiger partial charge in [0, 0.05) is 4.43 Å². The quantitative estimate of drug-likeness (QED) is 0.396. The first-order valence-corrected chi connectivity index (χ1v) is 7.19. The third-order valence-electron chi connectivity index (χ3n) is 2.47. The van der Waals surface area contributed by atoms with Crippen LogP contribution in [0.5, 0.6) is 0 Å². The Morgan fingerprint density at radius 3 is 2.00 bits per heavy atom. The SMILES string of the molecule is CC(C)=CCC/C(C)=C/CC/C(C)=C/[CH]I. The molecule has 0 rings (SSSR count). The molecule has 0 aromatic rings. The van der Waals surface area contributed by atoms with Crippen LogP contribution in [0.4, 0.5) is 0 Å². The Labute approximate surface area is 115 Å². The van der Waals surface area contributed by atoms with Crippen LogP contribution in [0, 0.1) is 4.43 Å². The third-order valence-corrected chi connectivity index (χ3v) is 2.83. The van der Waals surface area contributed by atoms with Crippen molar-refractivity contribution in [2.75, 3.05) is 0 Å². The zero-order chi connectivity index (χ0) is 12.4. The highest BCUT2D eigenvalue weighted by atomic mass is 127. The molecule has 0 nitrogen and oxygen atoms in total. The summed E-state index contributed by atoms with van der Waals surface area (Å²) in [6, 6.07) is 0. The molecule has 0 aromatic heterocycles. The van der Waals surface area contributed by atoms with Gasteiger partial charge in [-0.3, -0.25) is 0 Å². The number of hydrogen-bond donors (Lipinski definition) is 0. The Kier molecular flexibility index (Phi) is 10.1. The van der Waals surface area contributed by atoms with E-state index in [9.17, 15) is 0 Å². The van der Waals surface area contributed by atoms with Crippen molar-refractivity contribution in [1.82, 2.24) is 0 Å². The smallest absolute Gasteiger partial charge is 0.0445 e. The van der Waals surface area contributed by atoms with Gasteiger partial charge in [0.1, 0.15) is 0 Å². The first-order chi connectivity index (χ1) is 7.56. The van der Waals surface area contributed by atoms with Crippen LogP contribution in [0.3, 0.4) is 0 Å². The number of halogens is 1. The molecule has 91 valence electrons. The highest BCUT2D eigenvalue weighted by Gasteiger charge is 1.91. The van der Waals surface area contributed by atoms with Gasteiger partial charge in [-0.25, -0.2) is 0 Å². The molecule has 0 heterocycles. The maximum Gasteiger partial charge on any atom is 0.0445 e. The van der Waals surface area contributed by atoms with E-state index in [1.807, 2.05) is 0 Å². The fourth-order valence-electron chi connectivity index (χ4n) is 1.43. The molecule has 0 spiro atoms. The maximum absolute atomic E-state index is 2.38. The van der Waals surface area contributed by atoms with Crippen LogP contribution in [-0.2, 0) is 0 Å². The standard InChI is InChI=1S/C15H24I/c1-13(2)7-5-8-14(3)9-6-10-15(4)11-12-16/h7,9,11-12H,5-6,8,10H2,1-4H3/b14-9+,15-11+. The second kappa shape index (κ2) is 10.1. The van der Waals surface area contributed by atoms with Crippen molar-refractivity contribution < 1.29 is 0 Å². The second-order valence-corrected chi connectivity index (χ2v) is 5.27. The topological polar surface area (TPSA) is 0 Å². The van der Waals surface area contributed by atoms with E-state index in [1.54, 1.807) is 0 Å². The molecular formula is C15H24I. The fourth-order valence-corrected chi connectivity index (χ4v) is 2.04. The second-order valence-electron chi connectivity index (χ2n) is 4.55. The molecule has 0 saturated heterocycles. The molecule has 1 radical (unpaired) electrons. The fraction of sp³-hybridized carbons (Fsp3) is 0.533. The van der Waals surface area contributed by atoms with Crippen LogP contribution in [0.25, 0.3) is 0 Å². The summed E-state index contributed by atoms with van der Waals surface area (Å²) >= 11 is 2.27. The van der Waals surface area contributed by atoms with E-state index in [2.05, 4.69) is 72.9 Å². The summed E-state index contributed by atoms with van der Waals surface area (Å²) in [5, 5.41) is 0. The van der Waals surface area contributed by atoms with Gasteiger partial charge in [-0.1, -0.05) is 57.5 Å². The molecule has 0 atom stereocenters. The minimum absolute atomic E-state index is 1.17. The van der Waals surface area contributed by atoms with Crippen molar-refractivity contribution in [1.29, 1.82) is 0 Å². The molecule has 0 aliphatic carbocycles. The molecule has 0 amide bonds. The summed E-state index contributed by atoms with van der Waals surface area (Å²) in [6.07, 6.45) is 11.6. The van der Waals surface area contributed by atoms with Gasteiger partial charge in [0.05, 0.1) is 0 Å². The molecule has 0 aromatic carbocycles. The average Bonchev–Trinajstić information content (AvgIpc) is 2.17. The van der Waals surface area contributed by atoms with Crippen LogP contribution in [0.2, 0.25) is 0 Å². The largest absolute Gasteiger partial charge is 0.0856 e. The minimum Gasteiger partial charge on any atom is -0.0856 e. The van der Waals surface area contributed by atoms with Crippen molar-refractivity contribution in [3.63, 3.8) is 0 Å². The van der Waals surface area contributed by atoms with Crippen molar-refractivity contribution in [2.24, 2.45) is 0 Å². The molecule has 0 fully saturated rings. The number of hydrogen-bond acceptors (Lipinski definition) is 0. The lowest BCUT2D eigenvalue weighted by Crippen LogP contribution is -1.80. The Hall–Kier alpha value is -0.0500. The first kappa shape index (κ1) is 16.0. The predicted molar refractivity (Wildman–Crippen MR) is 83.7 cm³/mol. The Morgan fingerprint density at radius 1 is 0.875 bits per heavy atom. The van der Waals surface area contributed by atoms with E-state index in [0.29, 0.717) is 0 Å².